The Labute approximate surface area is 273 Å². The molecule has 0 radical (unpaired) electrons. The molecule has 224 valence electrons. The first-order valence-corrected chi connectivity index (χ1v) is 15.7. The third-order valence-corrected chi connectivity index (χ3v) is 9.62. The summed E-state index contributed by atoms with van der Waals surface area (Å²) in [6, 6.07) is 48.9. The Balaban J connectivity index is 1.11. The minimum atomic E-state index is -1.23. The average molecular weight is 607 g/mol. The molecule has 7 aromatic rings. The first-order chi connectivity index (χ1) is 22.8. The highest BCUT2D eigenvalue weighted by Crippen LogP contribution is 2.50. The van der Waals surface area contributed by atoms with Crippen molar-refractivity contribution in [3.05, 3.63) is 156 Å². The van der Waals surface area contributed by atoms with Crippen LogP contribution >= 0.6 is 0 Å². The molecule has 1 aromatic heterocycles. The van der Waals surface area contributed by atoms with E-state index in [1.54, 1.807) is 6.07 Å². The minimum absolute atomic E-state index is 0.189. The molecule has 0 amide bonds. The van der Waals surface area contributed by atoms with Crippen molar-refractivity contribution in [2.75, 3.05) is 0 Å². The molecule has 0 saturated carbocycles. The Morgan fingerprint density at radius 3 is 1.62 bits per heavy atom. The molecule has 0 fully saturated rings. The fraction of sp³-hybridized carbons (Fsp3) is 0.0698. The highest BCUT2D eigenvalue weighted by atomic mass is 16.4. The lowest BCUT2D eigenvalue weighted by molar-refractivity contribution is -0.132. The van der Waals surface area contributed by atoms with Gasteiger partial charge in [-0.3, -0.25) is 0 Å². The van der Waals surface area contributed by atoms with Crippen LogP contribution < -0.4 is 0 Å². The van der Waals surface area contributed by atoms with Crippen LogP contribution in [-0.2, 0) is 10.2 Å². The van der Waals surface area contributed by atoms with E-state index in [9.17, 15) is 9.90 Å². The maximum atomic E-state index is 11.2. The predicted octanol–water partition coefficient (Wildman–Crippen LogP) is 10.4. The lowest BCUT2D eigenvalue weighted by Crippen LogP contribution is -2.15. The quantitative estimate of drug-likeness (QED) is 0.157. The van der Waals surface area contributed by atoms with Crippen LogP contribution in [0, 0.1) is 11.3 Å². The Kier molecular flexibility index (Phi) is 6.46. The molecule has 0 unspecified atom stereocenters. The fourth-order valence-electron chi connectivity index (χ4n) is 7.18. The van der Waals surface area contributed by atoms with Gasteiger partial charge in [0.05, 0.1) is 11.0 Å². The number of nitriles is 1. The van der Waals surface area contributed by atoms with Crippen LogP contribution in [0.25, 0.3) is 66.9 Å². The van der Waals surface area contributed by atoms with Gasteiger partial charge in [-0.2, -0.15) is 5.26 Å². The normalized spacial score (nSPS) is 13.3. The SMILES string of the molecule is CC1(C)c2cc(-c3ccc(/C=C(\C#N)C(=O)O)cc3)ccc2-c2ccc(-c3ccc(-n4c5ccccc5c5ccccc54)cc3)cc21. The molecule has 0 saturated heterocycles. The van der Waals surface area contributed by atoms with Crippen molar-refractivity contribution in [3.8, 4) is 45.1 Å². The Bertz CT molecular complexity index is 2400. The van der Waals surface area contributed by atoms with Gasteiger partial charge >= 0.3 is 5.97 Å². The molecule has 47 heavy (non-hydrogen) atoms. The highest BCUT2D eigenvalue weighted by molar-refractivity contribution is 6.09. The summed E-state index contributed by atoms with van der Waals surface area (Å²) in [7, 11) is 0. The van der Waals surface area contributed by atoms with Crippen LogP contribution in [-0.4, -0.2) is 15.6 Å². The van der Waals surface area contributed by atoms with Crippen molar-refractivity contribution in [2.45, 2.75) is 19.3 Å². The van der Waals surface area contributed by atoms with E-state index in [0.29, 0.717) is 5.56 Å². The first-order valence-electron chi connectivity index (χ1n) is 15.7. The van der Waals surface area contributed by atoms with Gasteiger partial charge in [0, 0.05) is 21.9 Å². The second-order valence-electron chi connectivity index (χ2n) is 12.7. The standard InChI is InChI=1S/C43H30N2O2/c1-43(2)38-24-30(28-13-11-27(12-14-28)23-32(26-44)42(46)47)17-21-34(38)35-22-18-31(25-39(35)43)29-15-19-33(20-16-29)45-40-9-5-3-7-36(40)37-8-4-6-10-41(37)45/h3-25H,1-2H3,(H,46,47)/b32-23+. The second kappa shape index (κ2) is 10.7. The summed E-state index contributed by atoms with van der Waals surface area (Å²) < 4.78 is 2.35. The van der Waals surface area contributed by atoms with Gasteiger partial charge in [-0.1, -0.05) is 111 Å². The molecule has 0 spiro atoms. The van der Waals surface area contributed by atoms with E-state index < -0.39 is 5.97 Å². The maximum absolute atomic E-state index is 11.2. The zero-order valence-corrected chi connectivity index (χ0v) is 26.0. The third-order valence-electron chi connectivity index (χ3n) is 9.62. The molecule has 1 heterocycles. The van der Waals surface area contributed by atoms with Gasteiger partial charge < -0.3 is 9.67 Å². The van der Waals surface area contributed by atoms with Crippen LogP contribution in [0.4, 0.5) is 0 Å². The lowest BCUT2D eigenvalue weighted by Gasteiger charge is -2.22. The van der Waals surface area contributed by atoms with Crippen LogP contribution in [0.5, 0.6) is 0 Å². The Hall–Kier alpha value is -6.18. The van der Waals surface area contributed by atoms with Gasteiger partial charge in [-0.15, -0.1) is 0 Å². The Morgan fingerprint density at radius 1 is 0.660 bits per heavy atom. The molecule has 0 bridgehead atoms. The maximum Gasteiger partial charge on any atom is 0.346 e. The minimum Gasteiger partial charge on any atom is -0.477 e. The van der Waals surface area contributed by atoms with E-state index in [2.05, 4.69) is 128 Å². The highest BCUT2D eigenvalue weighted by Gasteiger charge is 2.35. The number of para-hydroxylation sites is 2. The van der Waals surface area contributed by atoms with E-state index in [1.807, 2.05) is 24.3 Å². The Morgan fingerprint density at radius 2 is 1.13 bits per heavy atom. The molecule has 1 aliphatic rings. The van der Waals surface area contributed by atoms with Crippen LogP contribution in [0.1, 0.15) is 30.5 Å². The van der Waals surface area contributed by atoms with Crippen LogP contribution in [0.2, 0.25) is 0 Å². The monoisotopic (exact) mass is 606 g/mol. The third kappa shape index (κ3) is 4.56. The number of carboxylic acids is 1. The topological polar surface area (TPSA) is 66.0 Å². The number of benzene rings is 6. The molecule has 4 nitrogen and oxygen atoms in total. The molecular formula is C43H30N2O2. The summed E-state index contributed by atoms with van der Waals surface area (Å²) in [6.07, 6.45) is 1.39. The smallest absolute Gasteiger partial charge is 0.346 e. The van der Waals surface area contributed by atoms with Gasteiger partial charge in [0.2, 0.25) is 0 Å². The predicted molar refractivity (Wildman–Crippen MR) is 190 cm³/mol. The molecule has 8 rings (SSSR count). The van der Waals surface area contributed by atoms with Crippen molar-refractivity contribution in [2.24, 2.45) is 0 Å². The summed E-state index contributed by atoms with van der Waals surface area (Å²) in [5.74, 6) is -1.23. The molecule has 1 aliphatic carbocycles. The second-order valence-corrected chi connectivity index (χ2v) is 12.7. The zero-order valence-electron chi connectivity index (χ0n) is 26.0. The zero-order chi connectivity index (χ0) is 32.3. The van der Waals surface area contributed by atoms with E-state index in [-0.39, 0.29) is 11.0 Å². The van der Waals surface area contributed by atoms with Gasteiger partial charge in [0.1, 0.15) is 11.6 Å². The van der Waals surface area contributed by atoms with Crippen molar-refractivity contribution in [3.63, 3.8) is 0 Å². The summed E-state index contributed by atoms with van der Waals surface area (Å²) in [4.78, 5) is 11.2. The van der Waals surface area contributed by atoms with E-state index in [1.165, 1.54) is 61.3 Å². The van der Waals surface area contributed by atoms with Crippen molar-refractivity contribution >= 4 is 33.9 Å². The molecular weight excluding hydrogens is 576 g/mol. The summed E-state index contributed by atoms with van der Waals surface area (Å²) >= 11 is 0. The van der Waals surface area contributed by atoms with E-state index in [4.69, 9.17) is 5.26 Å². The van der Waals surface area contributed by atoms with E-state index in [0.717, 1.165) is 16.8 Å². The van der Waals surface area contributed by atoms with Crippen LogP contribution in [0.15, 0.2) is 139 Å². The lowest BCUT2D eigenvalue weighted by atomic mass is 9.81. The number of fused-ring (bicyclic) bond motifs is 6. The first kappa shape index (κ1) is 28.3. The molecule has 0 atom stereocenters. The molecule has 4 heteroatoms. The molecule has 0 aliphatic heterocycles. The number of hydrogen-bond acceptors (Lipinski definition) is 2. The number of carboxylic acid groups (broad SMARTS) is 1. The molecule has 6 aromatic carbocycles. The number of hydrogen-bond donors (Lipinski definition) is 1. The summed E-state index contributed by atoms with van der Waals surface area (Å²) in [5, 5.41) is 20.8. The van der Waals surface area contributed by atoms with Crippen LogP contribution in [0.3, 0.4) is 0 Å². The molecule has 1 N–H and O–H groups in total. The van der Waals surface area contributed by atoms with Crippen molar-refractivity contribution in [1.29, 1.82) is 5.26 Å². The number of carbonyl (C=O) groups is 1. The number of nitrogens with zero attached hydrogens (tertiary/aromatic N) is 2. The van der Waals surface area contributed by atoms with Gasteiger partial charge in [0.25, 0.3) is 0 Å². The fourth-order valence-corrected chi connectivity index (χ4v) is 7.18. The van der Waals surface area contributed by atoms with Gasteiger partial charge in [-0.05, 0) is 92.5 Å². The van der Waals surface area contributed by atoms with E-state index >= 15 is 0 Å². The van der Waals surface area contributed by atoms with Gasteiger partial charge in [-0.25, -0.2) is 4.79 Å². The summed E-state index contributed by atoms with van der Waals surface area (Å²) in [5.41, 5.74) is 13.4. The number of rotatable bonds is 5. The number of aliphatic carboxylic acids is 1. The van der Waals surface area contributed by atoms with Crippen molar-refractivity contribution in [1.82, 2.24) is 4.57 Å². The van der Waals surface area contributed by atoms with Crippen molar-refractivity contribution < 1.29 is 9.90 Å². The largest absolute Gasteiger partial charge is 0.477 e. The average Bonchev–Trinajstić information content (AvgIpc) is 3.55. The summed E-state index contributed by atoms with van der Waals surface area (Å²) in [6.45, 7) is 4.58. The number of aromatic nitrogens is 1. The van der Waals surface area contributed by atoms with Gasteiger partial charge in [0.15, 0.2) is 0 Å².